The molecule has 0 amide bonds. The van der Waals surface area contributed by atoms with Crippen LogP contribution in [0.1, 0.15) is 23.6 Å². The Balaban J connectivity index is 1.61. The molecular weight excluding hydrogens is 547 g/mol. The predicted octanol–water partition coefficient (Wildman–Crippen LogP) is 6.38. The fourth-order valence-electron chi connectivity index (χ4n) is 3.20. The minimum atomic E-state index is 0.419. The zero-order valence-electron chi connectivity index (χ0n) is 18.3. The number of rotatable bonds is 8. The monoisotopic (exact) mass is 570 g/mol. The highest BCUT2D eigenvalue weighted by atomic mass is 127. The Kier molecular flexibility index (Phi) is 7.56. The fraction of sp³-hybridized carbons (Fsp3) is 0.160. The van der Waals surface area contributed by atoms with E-state index in [0.717, 1.165) is 26.0 Å². The molecule has 0 fully saturated rings. The predicted molar refractivity (Wildman–Crippen MR) is 142 cm³/mol. The molecular formula is C25H23IN4O2S. The number of aromatic nitrogens is 3. The summed E-state index contributed by atoms with van der Waals surface area (Å²) in [7, 11) is 0. The summed E-state index contributed by atoms with van der Waals surface area (Å²) in [6, 6.07) is 22.0. The highest BCUT2D eigenvalue weighted by Gasteiger charge is 2.13. The Labute approximate surface area is 211 Å². The van der Waals surface area contributed by atoms with E-state index in [9.17, 15) is 0 Å². The van der Waals surface area contributed by atoms with Crippen molar-refractivity contribution in [1.29, 1.82) is 0 Å². The summed E-state index contributed by atoms with van der Waals surface area (Å²) in [5.74, 6) is 2.05. The van der Waals surface area contributed by atoms with Crippen LogP contribution in [0.5, 0.6) is 11.5 Å². The van der Waals surface area contributed by atoms with Gasteiger partial charge in [-0.3, -0.25) is 0 Å². The molecule has 1 aromatic heterocycles. The van der Waals surface area contributed by atoms with Crippen molar-refractivity contribution >= 4 is 41.0 Å². The molecule has 3 aromatic carbocycles. The fourth-order valence-corrected chi connectivity index (χ4v) is 4.16. The maximum Gasteiger partial charge on any atom is 0.216 e. The first kappa shape index (κ1) is 23.2. The maximum atomic E-state index is 6.13. The first-order chi connectivity index (χ1) is 16.0. The van der Waals surface area contributed by atoms with E-state index in [1.807, 2.05) is 49.4 Å². The molecule has 0 aliphatic carbocycles. The van der Waals surface area contributed by atoms with Gasteiger partial charge in [-0.1, -0.05) is 60.2 Å². The van der Waals surface area contributed by atoms with Crippen molar-refractivity contribution in [3.05, 3.63) is 91.8 Å². The van der Waals surface area contributed by atoms with Crippen LogP contribution in [0.25, 0.3) is 11.4 Å². The van der Waals surface area contributed by atoms with Crippen molar-refractivity contribution in [2.24, 2.45) is 5.10 Å². The van der Waals surface area contributed by atoms with Crippen molar-refractivity contribution in [2.45, 2.75) is 20.5 Å². The Bertz CT molecular complexity index is 1310. The van der Waals surface area contributed by atoms with Gasteiger partial charge in [0.2, 0.25) is 4.77 Å². The largest absolute Gasteiger partial charge is 0.490 e. The topological polar surface area (TPSA) is 64.4 Å². The van der Waals surface area contributed by atoms with Gasteiger partial charge >= 0.3 is 0 Å². The van der Waals surface area contributed by atoms with Crippen LogP contribution in [-0.2, 0) is 6.61 Å². The van der Waals surface area contributed by atoms with Gasteiger partial charge in [0.25, 0.3) is 0 Å². The molecule has 4 rings (SSSR count). The molecule has 33 heavy (non-hydrogen) atoms. The first-order valence-corrected chi connectivity index (χ1v) is 12.0. The Morgan fingerprint density at radius 1 is 1.09 bits per heavy atom. The Morgan fingerprint density at radius 3 is 2.58 bits per heavy atom. The molecule has 0 saturated heterocycles. The smallest absolute Gasteiger partial charge is 0.216 e. The van der Waals surface area contributed by atoms with Gasteiger partial charge in [-0.25, -0.2) is 5.10 Å². The molecule has 0 spiro atoms. The minimum absolute atomic E-state index is 0.419. The van der Waals surface area contributed by atoms with Gasteiger partial charge in [0, 0.05) is 5.56 Å². The van der Waals surface area contributed by atoms with Gasteiger partial charge in [0.15, 0.2) is 17.3 Å². The van der Waals surface area contributed by atoms with Gasteiger partial charge in [-0.2, -0.15) is 14.9 Å². The molecule has 0 atom stereocenters. The third kappa shape index (κ3) is 5.69. The maximum absolute atomic E-state index is 6.13. The average molecular weight is 570 g/mol. The van der Waals surface area contributed by atoms with E-state index in [-0.39, 0.29) is 0 Å². The molecule has 168 valence electrons. The molecule has 8 heteroatoms. The number of H-pyrrole nitrogens is 1. The molecule has 1 N–H and O–H groups in total. The zero-order valence-corrected chi connectivity index (χ0v) is 21.3. The standard InChI is InChI=1S/C25H23IN4O2S/c1-3-31-22-14-19(13-21(26)23(22)32-16-18-11-9-17(2)10-12-18)15-27-30-24(28-29-25(30)33)20-7-5-4-6-8-20/h4-15H,3,16H2,1-2H3,(H,29,33)/b27-15-. The van der Waals surface area contributed by atoms with Crippen molar-refractivity contribution in [1.82, 2.24) is 14.9 Å². The Morgan fingerprint density at radius 2 is 1.85 bits per heavy atom. The van der Waals surface area contributed by atoms with Gasteiger partial charge < -0.3 is 9.47 Å². The number of hydrogen-bond acceptors (Lipinski definition) is 5. The molecule has 0 aliphatic rings. The second-order valence-corrected chi connectivity index (χ2v) is 8.86. The second-order valence-electron chi connectivity index (χ2n) is 7.31. The van der Waals surface area contributed by atoms with E-state index in [1.165, 1.54) is 5.56 Å². The number of halogens is 1. The molecule has 1 heterocycles. The van der Waals surface area contributed by atoms with E-state index in [1.54, 1.807) is 10.9 Å². The number of nitrogens with zero attached hydrogens (tertiary/aromatic N) is 3. The van der Waals surface area contributed by atoms with Gasteiger partial charge in [0.1, 0.15) is 6.61 Å². The number of benzene rings is 3. The van der Waals surface area contributed by atoms with Crippen LogP contribution in [0, 0.1) is 15.3 Å². The quantitative estimate of drug-likeness (QED) is 0.152. The molecule has 6 nitrogen and oxygen atoms in total. The van der Waals surface area contributed by atoms with E-state index < -0.39 is 0 Å². The number of hydrogen-bond donors (Lipinski definition) is 1. The van der Waals surface area contributed by atoms with Gasteiger partial charge in [-0.05, 0) is 71.9 Å². The summed E-state index contributed by atoms with van der Waals surface area (Å²) < 4.78 is 15.0. The first-order valence-electron chi connectivity index (χ1n) is 10.5. The van der Waals surface area contributed by atoms with Gasteiger partial charge in [0.05, 0.1) is 16.4 Å². The van der Waals surface area contributed by atoms with E-state index in [2.05, 4.69) is 69.1 Å². The molecule has 0 aliphatic heterocycles. The summed E-state index contributed by atoms with van der Waals surface area (Å²) >= 11 is 7.64. The zero-order chi connectivity index (χ0) is 23.2. The number of ether oxygens (including phenoxy) is 2. The molecule has 0 unspecified atom stereocenters. The SMILES string of the molecule is CCOc1cc(/C=N\n2c(-c3ccccc3)n[nH]c2=S)cc(I)c1OCc1ccc(C)cc1. The normalized spacial score (nSPS) is 11.1. The lowest BCUT2D eigenvalue weighted by Gasteiger charge is -2.15. The highest BCUT2D eigenvalue weighted by molar-refractivity contribution is 14.1. The van der Waals surface area contributed by atoms with Crippen LogP contribution >= 0.6 is 34.8 Å². The van der Waals surface area contributed by atoms with Crippen molar-refractivity contribution < 1.29 is 9.47 Å². The third-order valence-corrected chi connectivity index (χ3v) is 5.91. The van der Waals surface area contributed by atoms with Crippen LogP contribution in [-0.4, -0.2) is 27.7 Å². The van der Waals surface area contributed by atoms with Crippen molar-refractivity contribution in [3.63, 3.8) is 0 Å². The van der Waals surface area contributed by atoms with Crippen LogP contribution in [0.3, 0.4) is 0 Å². The number of aryl methyl sites for hydroxylation is 1. The Hall–Kier alpha value is -2.98. The minimum Gasteiger partial charge on any atom is -0.490 e. The highest BCUT2D eigenvalue weighted by Crippen LogP contribution is 2.34. The summed E-state index contributed by atoms with van der Waals surface area (Å²) in [5, 5.41) is 11.7. The second kappa shape index (κ2) is 10.8. The van der Waals surface area contributed by atoms with Crippen LogP contribution in [0.2, 0.25) is 0 Å². The summed E-state index contributed by atoms with van der Waals surface area (Å²) in [5.41, 5.74) is 4.12. The average Bonchev–Trinajstić information content (AvgIpc) is 3.19. The lowest BCUT2D eigenvalue weighted by atomic mass is 10.2. The number of nitrogens with one attached hydrogen (secondary N) is 1. The van der Waals surface area contributed by atoms with E-state index in [4.69, 9.17) is 21.7 Å². The van der Waals surface area contributed by atoms with Crippen molar-refractivity contribution in [3.8, 4) is 22.9 Å². The summed E-state index contributed by atoms with van der Waals surface area (Å²) in [6.45, 7) is 5.02. The van der Waals surface area contributed by atoms with Gasteiger partial charge in [-0.15, -0.1) is 0 Å². The lowest BCUT2D eigenvalue weighted by molar-refractivity contribution is 0.267. The third-order valence-electron chi connectivity index (χ3n) is 4.84. The van der Waals surface area contributed by atoms with E-state index in [0.29, 0.717) is 29.6 Å². The van der Waals surface area contributed by atoms with Crippen LogP contribution in [0.4, 0.5) is 0 Å². The molecule has 4 aromatic rings. The van der Waals surface area contributed by atoms with Crippen molar-refractivity contribution in [2.75, 3.05) is 6.61 Å². The van der Waals surface area contributed by atoms with Crippen LogP contribution < -0.4 is 9.47 Å². The number of aromatic amines is 1. The van der Waals surface area contributed by atoms with E-state index >= 15 is 0 Å². The van der Waals surface area contributed by atoms with Crippen LogP contribution in [0.15, 0.2) is 71.8 Å². The lowest BCUT2D eigenvalue weighted by Crippen LogP contribution is -2.03. The molecule has 0 saturated carbocycles. The molecule has 0 bridgehead atoms. The summed E-state index contributed by atoms with van der Waals surface area (Å²) in [6.07, 6.45) is 1.74. The summed E-state index contributed by atoms with van der Waals surface area (Å²) in [4.78, 5) is 0. The molecule has 0 radical (unpaired) electrons.